The van der Waals surface area contributed by atoms with Crippen LogP contribution in [0, 0.1) is 0 Å². The molecule has 7 heteroatoms. The topological polar surface area (TPSA) is 66.6 Å². The molecule has 1 aromatic rings. The predicted molar refractivity (Wildman–Crippen MR) is 89.7 cm³/mol. The molecule has 0 saturated carbocycles. The van der Waals surface area contributed by atoms with Crippen LogP contribution in [0.3, 0.4) is 0 Å². The largest absolute Gasteiger partial charge is 0.480 e. The highest BCUT2D eigenvalue weighted by atomic mass is 35.5. The Morgan fingerprint density at radius 3 is 2.20 bits per heavy atom. The van der Waals surface area contributed by atoms with E-state index in [1.807, 2.05) is 18.2 Å². The van der Waals surface area contributed by atoms with Crippen LogP contribution in [0.2, 0.25) is 0 Å². The van der Waals surface area contributed by atoms with Gasteiger partial charge in [-0.05, 0) is 25.0 Å². The molecule has 1 aromatic carbocycles. The summed E-state index contributed by atoms with van der Waals surface area (Å²) in [4.78, 5) is 13.2. The highest BCUT2D eigenvalue weighted by Crippen LogP contribution is 2.33. The molecule has 1 heterocycles. The van der Waals surface area contributed by atoms with Crippen LogP contribution < -0.4 is 10.6 Å². The maximum Gasteiger partial charge on any atom is 0.321 e. The van der Waals surface area contributed by atoms with Crippen molar-refractivity contribution in [3.8, 4) is 0 Å². The van der Waals surface area contributed by atoms with E-state index in [-0.39, 0.29) is 24.8 Å². The Bertz CT molecular complexity index is 426. The first-order valence-electron chi connectivity index (χ1n) is 6.04. The number of para-hydroxylation sites is 1. The lowest BCUT2D eigenvalue weighted by molar-refractivity contribution is -0.139. The minimum Gasteiger partial charge on any atom is -0.480 e. The fourth-order valence-corrected chi connectivity index (χ4v) is 2.64. The summed E-state index contributed by atoms with van der Waals surface area (Å²) in [6.45, 7) is 1.57. The Morgan fingerprint density at radius 1 is 1.25 bits per heavy atom. The summed E-state index contributed by atoms with van der Waals surface area (Å²) in [7, 11) is 0. The van der Waals surface area contributed by atoms with E-state index < -0.39 is 16.8 Å². The van der Waals surface area contributed by atoms with Crippen molar-refractivity contribution in [2.75, 3.05) is 18.0 Å². The molecule has 0 amide bonds. The van der Waals surface area contributed by atoms with E-state index in [9.17, 15) is 4.79 Å². The van der Waals surface area contributed by atoms with Crippen molar-refractivity contribution in [3.05, 3.63) is 30.3 Å². The molecule has 0 spiro atoms. The number of halogens is 2. The summed E-state index contributed by atoms with van der Waals surface area (Å²) < 4.78 is -0.600. The standard InChI is InChI=1S/C13H18N2O2S.2ClH/c14-11(12(16)17)13(18)6-8-15(9-7-13)10-4-2-1-3-5-10;;/h1-5,11,18H,6-9,14H2,(H,16,17);2*1H. The zero-order valence-electron chi connectivity index (χ0n) is 10.9. The van der Waals surface area contributed by atoms with Gasteiger partial charge in [-0.2, -0.15) is 12.6 Å². The lowest BCUT2D eigenvalue weighted by Crippen LogP contribution is -2.55. The Labute approximate surface area is 136 Å². The van der Waals surface area contributed by atoms with Gasteiger partial charge in [0.2, 0.25) is 0 Å². The second kappa shape index (κ2) is 7.98. The molecular formula is C13H20Cl2N2O2S. The van der Waals surface area contributed by atoms with Crippen molar-refractivity contribution in [2.45, 2.75) is 23.6 Å². The number of thiol groups is 1. The number of carbonyl (C=O) groups is 1. The first-order chi connectivity index (χ1) is 8.53. The Kier molecular flexibility index (Phi) is 7.73. The van der Waals surface area contributed by atoms with E-state index in [2.05, 4.69) is 29.7 Å². The van der Waals surface area contributed by atoms with Gasteiger partial charge in [-0.3, -0.25) is 4.79 Å². The monoisotopic (exact) mass is 338 g/mol. The third-order valence-corrected chi connectivity index (χ3v) is 4.32. The van der Waals surface area contributed by atoms with E-state index in [0.29, 0.717) is 12.8 Å². The van der Waals surface area contributed by atoms with Crippen LogP contribution in [-0.2, 0) is 4.79 Å². The molecule has 0 aliphatic carbocycles. The lowest BCUT2D eigenvalue weighted by Gasteiger charge is -2.41. The molecule has 3 N–H and O–H groups in total. The van der Waals surface area contributed by atoms with Crippen molar-refractivity contribution in [1.29, 1.82) is 0 Å². The number of carboxylic acid groups (broad SMARTS) is 1. The fourth-order valence-electron chi connectivity index (χ4n) is 2.33. The van der Waals surface area contributed by atoms with Crippen molar-refractivity contribution >= 4 is 49.1 Å². The van der Waals surface area contributed by atoms with Gasteiger partial charge in [0, 0.05) is 23.5 Å². The molecule has 0 aromatic heterocycles. The highest BCUT2D eigenvalue weighted by Gasteiger charge is 2.40. The summed E-state index contributed by atoms with van der Waals surface area (Å²) in [6, 6.07) is 9.20. The maximum absolute atomic E-state index is 11.0. The van der Waals surface area contributed by atoms with Gasteiger partial charge in [-0.25, -0.2) is 0 Å². The van der Waals surface area contributed by atoms with Gasteiger partial charge in [-0.15, -0.1) is 24.8 Å². The van der Waals surface area contributed by atoms with Crippen molar-refractivity contribution in [1.82, 2.24) is 0 Å². The third kappa shape index (κ3) is 4.19. The van der Waals surface area contributed by atoms with Gasteiger partial charge in [-0.1, -0.05) is 18.2 Å². The van der Waals surface area contributed by atoms with Crippen molar-refractivity contribution in [2.24, 2.45) is 5.73 Å². The average molecular weight is 339 g/mol. The SMILES string of the molecule is Cl.Cl.NC(C(=O)O)C1(S)CCN(c2ccccc2)CC1. The molecule has 1 aliphatic rings. The van der Waals surface area contributed by atoms with Gasteiger partial charge in [0.05, 0.1) is 0 Å². The van der Waals surface area contributed by atoms with Crippen LogP contribution in [0.4, 0.5) is 5.69 Å². The van der Waals surface area contributed by atoms with E-state index >= 15 is 0 Å². The van der Waals surface area contributed by atoms with Gasteiger partial charge in [0.15, 0.2) is 0 Å². The molecule has 114 valence electrons. The van der Waals surface area contributed by atoms with Crippen LogP contribution in [0.5, 0.6) is 0 Å². The molecule has 0 radical (unpaired) electrons. The second-order valence-corrected chi connectivity index (χ2v) is 5.63. The van der Waals surface area contributed by atoms with Crippen molar-refractivity contribution in [3.63, 3.8) is 0 Å². The van der Waals surface area contributed by atoms with Crippen LogP contribution in [0.25, 0.3) is 0 Å². The molecule has 0 bridgehead atoms. The van der Waals surface area contributed by atoms with Gasteiger partial charge in [0.25, 0.3) is 0 Å². The minimum absolute atomic E-state index is 0. The third-order valence-electron chi connectivity index (χ3n) is 3.60. The predicted octanol–water partition coefficient (Wildman–Crippen LogP) is 2.21. The summed E-state index contributed by atoms with van der Waals surface area (Å²) in [5, 5.41) is 8.99. The van der Waals surface area contributed by atoms with E-state index in [0.717, 1.165) is 18.8 Å². The second-order valence-electron chi connectivity index (χ2n) is 4.74. The number of hydrogen-bond acceptors (Lipinski definition) is 4. The normalized spacial score (nSPS) is 18.4. The zero-order chi connectivity index (χ0) is 13.2. The van der Waals surface area contributed by atoms with Gasteiger partial charge >= 0.3 is 5.97 Å². The van der Waals surface area contributed by atoms with Crippen LogP contribution in [-0.4, -0.2) is 35.0 Å². The molecular weight excluding hydrogens is 319 g/mol. The zero-order valence-corrected chi connectivity index (χ0v) is 13.5. The average Bonchev–Trinajstić information content (AvgIpc) is 2.39. The summed E-state index contributed by atoms with van der Waals surface area (Å²) in [6.07, 6.45) is 1.36. The van der Waals surface area contributed by atoms with E-state index in [1.165, 1.54) is 0 Å². The Morgan fingerprint density at radius 2 is 1.75 bits per heavy atom. The van der Waals surface area contributed by atoms with Crippen LogP contribution in [0.1, 0.15) is 12.8 Å². The first kappa shape index (κ1) is 19.4. The summed E-state index contributed by atoms with van der Waals surface area (Å²) >= 11 is 4.50. The molecule has 1 saturated heterocycles. The number of nitrogens with two attached hydrogens (primary N) is 1. The Hall–Kier alpha value is -0.620. The molecule has 4 nitrogen and oxygen atoms in total. The fraction of sp³-hybridized carbons (Fsp3) is 0.462. The lowest BCUT2D eigenvalue weighted by atomic mass is 9.88. The van der Waals surface area contributed by atoms with Crippen LogP contribution in [0.15, 0.2) is 30.3 Å². The molecule has 1 fully saturated rings. The highest BCUT2D eigenvalue weighted by molar-refractivity contribution is 7.82. The van der Waals surface area contributed by atoms with E-state index in [1.54, 1.807) is 0 Å². The van der Waals surface area contributed by atoms with E-state index in [4.69, 9.17) is 10.8 Å². The maximum atomic E-state index is 11.0. The number of carboxylic acids is 1. The number of hydrogen-bond donors (Lipinski definition) is 3. The van der Waals surface area contributed by atoms with Gasteiger partial charge in [0.1, 0.15) is 6.04 Å². The number of rotatable bonds is 3. The summed E-state index contributed by atoms with van der Waals surface area (Å²) in [5.41, 5.74) is 6.88. The molecule has 2 rings (SSSR count). The number of benzene rings is 1. The Balaban J connectivity index is 0.00000180. The smallest absolute Gasteiger partial charge is 0.321 e. The van der Waals surface area contributed by atoms with Crippen LogP contribution >= 0.6 is 37.4 Å². The number of anilines is 1. The van der Waals surface area contributed by atoms with Gasteiger partial charge < -0.3 is 15.7 Å². The molecule has 1 aliphatic heterocycles. The molecule has 1 atom stereocenters. The minimum atomic E-state index is -0.974. The molecule has 20 heavy (non-hydrogen) atoms. The first-order valence-corrected chi connectivity index (χ1v) is 6.48. The number of aliphatic carboxylic acids is 1. The quantitative estimate of drug-likeness (QED) is 0.739. The van der Waals surface area contributed by atoms with Crippen molar-refractivity contribution < 1.29 is 9.90 Å². The number of piperidine rings is 1. The molecule has 1 unspecified atom stereocenters. The summed E-state index contributed by atoms with van der Waals surface area (Å²) in [5.74, 6) is -0.974. The number of nitrogens with zero attached hydrogens (tertiary/aromatic N) is 1.